The first kappa shape index (κ1) is 28.5. The van der Waals surface area contributed by atoms with E-state index in [0.29, 0.717) is 40.6 Å². The molecule has 204 valence electrons. The maximum atomic E-state index is 12.8. The highest BCUT2D eigenvalue weighted by Gasteiger charge is 2.30. The number of halogens is 3. The van der Waals surface area contributed by atoms with Crippen LogP contribution in [-0.4, -0.2) is 45.2 Å². The van der Waals surface area contributed by atoms with Gasteiger partial charge in [0, 0.05) is 23.9 Å². The molecule has 0 spiro atoms. The number of benzene rings is 3. The molecule has 3 rings (SSSR count). The molecular formula is C28H30F3NO6. The summed E-state index contributed by atoms with van der Waals surface area (Å²) in [4.78, 5) is 0. The Kier molecular flexibility index (Phi) is 9.35. The van der Waals surface area contributed by atoms with Gasteiger partial charge in [-0.25, -0.2) is 0 Å². The van der Waals surface area contributed by atoms with Gasteiger partial charge in [-0.1, -0.05) is 24.3 Å². The molecule has 0 radical (unpaired) electrons. The minimum absolute atomic E-state index is 0.0626. The zero-order valence-electron chi connectivity index (χ0n) is 21.4. The molecule has 0 aliphatic carbocycles. The SMILES string of the molecule is COc1cc(NCCC(O)c2ccc(C(F)(F)F)cc2)c(/C=C\c2cc(OC)c(OC)c(OC)c2)cc1O. The molecule has 1 atom stereocenters. The van der Waals surface area contributed by atoms with E-state index in [1.54, 1.807) is 30.4 Å². The number of aliphatic hydroxyl groups excluding tert-OH is 1. The van der Waals surface area contributed by atoms with E-state index in [1.165, 1.54) is 46.6 Å². The number of alkyl halides is 3. The Hall–Kier alpha value is -4.05. The van der Waals surface area contributed by atoms with E-state index in [0.717, 1.165) is 17.7 Å². The summed E-state index contributed by atoms with van der Waals surface area (Å²) in [7, 11) is 5.99. The molecule has 0 aliphatic rings. The first-order valence-electron chi connectivity index (χ1n) is 11.6. The quantitative estimate of drug-likeness (QED) is 0.201. The van der Waals surface area contributed by atoms with Crippen LogP contribution in [0.25, 0.3) is 12.2 Å². The molecule has 0 saturated heterocycles. The van der Waals surface area contributed by atoms with Gasteiger partial charge in [-0.15, -0.1) is 0 Å². The predicted octanol–water partition coefficient (Wildman–Crippen LogP) is 6.15. The van der Waals surface area contributed by atoms with Crippen LogP contribution in [0.15, 0.2) is 48.5 Å². The molecule has 0 bridgehead atoms. The van der Waals surface area contributed by atoms with Crippen molar-refractivity contribution in [2.75, 3.05) is 40.3 Å². The van der Waals surface area contributed by atoms with Gasteiger partial charge < -0.3 is 34.5 Å². The maximum absolute atomic E-state index is 12.8. The standard InChI is InChI=1S/C28H30F3NO6/c1-35-24-16-21(32-12-11-22(33)18-7-9-20(10-8-18)28(29,30)31)19(15-23(24)34)6-5-17-13-25(36-2)27(38-4)26(14-17)37-3/h5-10,13-16,22,32-34H,11-12H2,1-4H3/b6-5-. The van der Waals surface area contributed by atoms with Crippen LogP contribution in [0.5, 0.6) is 28.7 Å². The summed E-state index contributed by atoms with van der Waals surface area (Å²) in [6, 6.07) is 11.1. The van der Waals surface area contributed by atoms with Crippen LogP contribution >= 0.6 is 0 Å². The van der Waals surface area contributed by atoms with Crippen molar-refractivity contribution in [2.24, 2.45) is 0 Å². The molecule has 3 aromatic carbocycles. The van der Waals surface area contributed by atoms with Crippen LogP contribution in [0.1, 0.15) is 34.8 Å². The van der Waals surface area contributed by atoms with Gasteiger partial charge >= 0.3 is 6.18 Å². The Bertz CT molecular complexity index is 1230. The van der Waals surface area contributed by atoms with Crippen molar-refractivity contribution in [3.05, 3.63) is 70.8 Å². The molecule has 7 nitrogen and oxygen atoms in total. The largest absolute Gasteiger partial charge is 0.504 e. The van der Waals surface area contributed by atoms with Crippen LogP contribution < -0.4 is 24.3 Å². The van der Waals surface area contributed by atoms with Crippen LogP contribution in [0.4, 0.5) is 18.9 Å². The van der Waals surface area contributed by atoms with Gasteiger partial charge in [-0.2, -0.15) is 13.2 Å². The second-order valence-electron chi connectivity index (χ2n) is 8.25. The number of phenolic OH excluding ortho intramolecular Hbond substituents is 1. The third kappa shape index (κ3) is 6.83. The fourth-order valence-corrected chi connectivity index (χ4v) is 3.83. The number of nitrogens with one attached hydrogen (secondary N) is 1. The summed E-state index contributed by atoms with van der Waals surface area (Å²) >= 11 is 0. The third-order valence-corrected chi connectivity index (χ3v) is 5.85. The van der Waals surface area contributed by atoms with E-state index >= 15 is 0 Å². The molecule has 0 saturated carbocycles. The summed E-state index contributed by atoms with van der Waals surface area (Å²) < 4.78 is 59.7. The lowest BCUT2D eigenvalue weighted by Gasteiger charge is -2.16. The molecule has 0 amide bonds. The molecule has 38 heavy (non-hydrogen) atoms. The average Bonchev–Trinajstić information content (AvgIpc) is 2.91. The van der Waals surface area contributed by atoms with Crippen molar-refractivity contribution in [1.82, 2.24) is 0 Å². The smallest absolute Gasteiger partial charge is 0.416 e. The van der Waals surface area contributed by atoms with Gasteiger partial charge in [0.1, 0.15) is 0 Å². The fraction of sp³-hybridized carbons (Fsp3) is 0.286. The molecule has 0 aliphatic heterocycles. The number of hydrogen-bond donors (Lipinski definition) is 3. The first-order valence-corrected chi connectivity index (χ1v) is 11.6. The van der Waals surface area contributed by atoms with Crippen LogP contribution in [-0.2, 0) is 6.18 Å². The van der Waals surface area contributed by atoms with E-state index in [1.807, 2.05) is 0 Å². The zero-order valence-corrected chi connectivity index (χ0v) is 21.4. The third-order valence-electron chi connectivity index (χ3n) is 5.85. The number of aromatic hydroxyl groups is 1. The van der Waals surface area contributed by atoms with E-state index in [2.05, 4.69) is 5.32 Å². The normalized spacial score (nSPS) is 12.3. The Balaban J connectivity index is 1.79. The number of phenols is 1. The van der Waals surface area contributed by atoms with Crippen LogP contribution in [0.2, 0.25) is 0 Å². The Morgan fingerprint density at radius 2 is 1.45 bits per heavy atom. The summed E-state index contributed by atoms with van der Waals surface area (Å²) in [5, 5.41) is 24.0. The lowest BCUT2D eigenvalue weighted by molar-refractivity contribution is -0.137. The van der Waals surface area contributed by atoms with Crippen LogP contribution in [0.3, 0.4) is 0 Å². The Morgan fingerprint density at radius 3 is 1.97 bits per heavy atom. The summed E-state index contributed by atoms with van der Waals surface area (Å²) in [6.45, 7) is 0.293. The highest BCUT2D eigenvalue weighted by atomic mass is 19.4. The molecule has 3 N–H and O–H groups in total. The summed E-state index contributed by atoms with van der Waals surface area (Å²) in [5.41, 5.74) is 1.60. The van der Waals surface area contributed by atoms with Crippen molar-refractivity contribution < 1.29 is 42.3 Å². The van der Waals surface area contributed by atoms with E-state index in [9.17, 15) is 23.4 Å². The molecule has 0 fully saturated rings. The van der Waals surface area contributed by atoms with Crippen molar-refractivity contribution in [3.63, 3.8) is 0 Å². The molecular weight excluding hydrogens is 503 g/mol. The monoisotopic (exact) mass is 533 g/mol. The second-order valence-corrected chi connectivity index (χ2v) is 8.25. The van der Waals surface area contributed by atoms with Crippen molar-refractivity contribution >= 4 is 17.8 Å². The van der Waals surface area contributed by atoms with Crippen molar-refractivity contribution in [1.29, 1.82) is 0 Å². The van der Waals surface area contributed by atoms with Gasteiger partial charge in [0.15, 0.2) is 23.0 Å². The topological polar surface area (TPSA) is 89.4 Å². The van der Waals surface area contributed by atoms with Crippen LogP contribution in [0, 0.1) is 0 Å². The Morgan fingerprint density at radius 1 is 0.842 bits per heavy atom. The Labute approximate surface area is 219 Å². The van der Waals surface area contributed by atoms with Gasteiger partial charge in [-0.05, 0) is 47.9 Å². The lowest BCUT2D eigenvalue weighted by atomic mass is 10.0. The molecule has 0 aromatic heterocycles. The highest BCUT2D eigenvalue weighted by molar-refractivity contribution is 5.80. The van der Waals surface area contributed by atoms with Crippen molar-refractivity contribution in [2.45, 2.75) is 18.7 Å². The maximum Gasteiger partial charge on any atom is 0.416 e. The predicted molar refractivity (Wildman–Crippen MR) is 139 cm³/mol. The van der Waals surface area contributed by atoms with Gasteiger partial charge in [0.25, 0.3) is 0 Å². The molecule has 3 aromatic rings. The number of hydrogen-bond acceptors (Lipinski definition) is 7. The first-order chi connectivity index (χ1) is 18.1. The van der Waals surface area contributed by atoms with Crippen molar-refractivity contribution in [3.8, 4) is 28.7 Å². The fourth-order valence-electron chi connectivity index (χ4n) is 3.83. The number of methoxy groups -OCH3 is 4. The average molecular weight is 534 g/mol. The van der Waals surface area contributed by atoms with E-state index in [4.69, 9.17) is 18.9 Å². The van der Waals surface area contributed by atoms with Gasteiger partial charge in [-0.3, -0.25) is 0 Å². The number of rotatable bonds is 11. The van der Waals surface area contributed by atoms with Gasteiger partial charge in [0.2, 0.25) is 5.75 Å². The second kappa shape index (κ2) is 12.5. The number of aliphatic hydroxyl groups is 1. The minimum Gasteiger partial charge on any atom is -0.504 e. The molecule has 0 heterocycles. The molecule has 10 heteroatoms. The van der Waals surface area contributed by atoms with Gasteiger partial charge in [0.05, 0.1) is 40.1 Å². The molecule has 1 unspecified atom stereocenters. The lowest BCUT2D eigenvalue weighted by Crippen LogP contribution is -2.09. The summed E-state index contributed by atoms with van der Waals surface area (Å²) in [6.07, 6.45) is -1.61. The van der Waals surface area contributed by atoms with E-state index < -0.39 is 17.8 Å². The zero-order chi connectivity index (χ0) is 27.9. The minimum atomic E-state index is -4.44. The number of ether oxygens (including phenoxy) is 4. The summed E-state index contributed by atoms with van der Waals surface area (Å²) in [5.74, 6) is 1.62. The van der Waals surface area contributed by atoms with E-state index in [-0.39, 0.29) is 17.9 Å². The number of anilines is 1. The highest BCUT2D eigenvalue weighted by Crippen LogP contribution is 2.39.